The third kappa shape index (κ3) is 1.90. The molecule has 1 saturated heterocycles. The molecule has 1 aromatic heterocycles. The molecule has 152 valence electrons. The van der Waals surface area contributed by atoms with Crippen molar-refractivity contribution in [3.05, 3.63) is 11.3 Å². The van der Waals surface area contributed by atoms with Crippen LogP contribution in [0.2, 0.25) is 0 Å². The summed E-state index contributed by atoms with van der Waals surface area (Å²) in [5.74, 6) is -6.25. The number of hydrogen-bond donors (Lipinski definition) is 10. The molecule has 2 aliphatic rings. The van der Waals surface area contributed by atoms with Crippen molar-refractivity contribution in [3.8, 4) is 5.75 Å². The first kappa shape index (κ1) is 18.2. The van der Waals surface area contributed by atoms with Crippen LogP contribution in [0.3, 0.4) is 0 Å². The lowest BCUT2D eigenvalue weighted by Gasteiger charge is -2.35. The van der Waals surface area contributed by atoms with Crippen LogP contribution in [-0.4, -0.2) is 24.7 Å². The number of rotatable bonds is 1. The zero-order valence-electron chi connectivity index (χ0n) is 14.8. The highest BCUT2D eigenvalue weighted by molar-refractivity contribution is 6.12. The minimum atomic E-state index is -2.19. The summed E-state index contributed by atoms with van der Waals surface area (Å²) in [5, 5.41) is 2.80. The Morgan fingerprint density at radius 1 is 0.857 bits per heavy atom. The van der Waals surface area contributed by atoms with Gasteiger partial charge in [-0.15, -0.1) is 0 Å². The Morgan fingerprint density at radius 3 is 2.07 bits per heavy atom. The maximum atomic E-state index is 6.21. The highest BCUT2D eigenvalue weighted by Gasteiger charge is 2.67. The molecule has 4 rings (SSSR count). The first-order valence-corrected chi connectivity index (χ1v) is 7.98. The summed E-state index contributed by atoms with van der Waals surface area (Å²) in [6.45, 7) is 0. The van der Waals surface area contributed by atoms with Gasteiger partial charge in [0.1, 0.15) is 11.4 Å². The fraction of sp³-hybridized carbons (Fsp3) is 0.286. The van der Waals surface area contributed by atoms with E-state index in [0.29, 0.717) is 0 Å². The lowest BCUT2D eigenvalue weighted by Crippen LogP contribution is -2.75. The molecule has 0 aliphatic carbocycles. The number of fused-ring (bicyclic) bond motifs is 3. The maximum Gasteiger partial charge on any atom is 0.379 e. The number of ether oxygens (including phenoxy) is 3. The summed E-state index contributed by atoms with van der Waals surface area (Å²) in [5.41, 5.74) is 54.3. The summed E-state index contributed by atoms with van der Waals surface area (Å²) in [6, 6.07) is 0. The monoisotopic (exact) mass is 394 g/mol. The third-order valence-electron chi connectivity index (χ3n) is 4.91. The van der Waals surface area contributed by atoms with Crippen molar-refractivity contribution in [2.24, 2.45) is 28.7 Å². The van der Waals surface area contributed by atoms with Gasteiger partial charge < -0.3 is 43.6 Å². The van der Waals surface area contributed by atoms with E-state index in [0.717, 1.165) is 0 Å². The predicted octanol–water partition coefficient (Wildman–Crippen LogP) is -3.16. The molecule has 0 radical (unpaired) electrons. The van der Waals surface area contributed by atoms with Gasteiger partial charge in [-0.25, -0.2) is 0 Å². The Morgan fingerprint density at radius 2 is 1.50 bits per heavy atom. The molecule has 0 saturated carbocycles. The van der Waals surface area contributed by atoms with Crippen LogP contribution in [0, 0.1) is 0 Å². The van der Waals surface area contributed by atoms with Crippen molar-refractivity contribution < 1.29 is 18.6 Å². The highest BCUT2D eigenvalue weighted by atomic mass is 16.9. The van der Waals surface area contributed by atoms with Gasteiger partial charge in [0, 0.05) is 0 Å². The maximum absolute atomic E-state index is 6.21. The van der Waals surface area contributed by atoms with Crippen LogP contribution in [0.4, 0.5) is 22.9 Å². The van der Waals surface area contributed by atoms with Crippen LogP contribution in [-0.2, 0) is 9.47 Å². The van der Waals surface area contributed by atoms with Crippen molar-refractivity contribution in [1.82, 2.24) is 5.32 Å². The van der Waals surface area contributed by atoms with E-state index in [1.165, 1.54) is 7.05 Å². The molecule has 2 aliphatic heterocycles. The van der Waals surface area contributed by atoms with Crippen molar-refractivity contribution >= 4 is 39.6 Å². The Bertz CT molecular complexity index is 1060. The molecule has 0 amide bonds. The number of anilines is 4. The van der Waals surface area contributed by atoms with E-state index >= 15 is 0 Å². The van der Waals surface area contributed by atoms with Gasteiger partial charge in [-0.05, 0) is 7.05 Å². The first-order chi connectivity index (χ1) is 12.9. The van der Waals surface area contributed by atoms with Gasteiger partial charge in [0.25, 0.3) is 0 Å². The lowest BCUT2D eigenvalue weighted by atomic mass is 9.99. The molecular weight excluding hydrogens is 372 g/mol. The van der Waals surface area contributed by atoms with Crippen molar-refractivity contribution in [1.29, 1.82) is 0 Å². The van der Waals surface area contributed by atoms with E-state index in [2.05, 4.69) is 5.32 Å². The van der Waals surface area contributed by atoms with E-state index in [4.69, 9.17) is 70.2 Å². The normalized spacial score (nSPS) is 28.7. The van der Waals surface area contributed by atoms with E-state index in [9.17, 15) is 0 Å². The zero-order chi connectivity index (χ0) is 20.8. The Hall–Kier alpha value is -3.14. The van der Waals surface area contributed by atoms with Gasteiger partial charge in [0.2, 0.25) is 17.6 Å². The highest BCUT2D eigenvalue weighted by Crippen LogP contribution is 2.53. The number of likely N-dealkylation sites (N-methyl/N-ethyl adjacent to an activating group) is 1. The minimum Gasteiger partial charge on any atom is -0.436 e. The van der Waals surface area contributed by atoms with Crippen LogP contribution in [0.5, 0.6) is 5.75 Å². The smallest absolute Gasteiger partial charge is 0.379 e. The molecule has 14 nitrogen and oxygen atoms in total. The SMILES string of the molecule is CNC1(N)OC2(Oc3c(c(N)c(N)c4oc(N)c(N)c34)C(N)=C2N)OC1(N)N. The van der Waals surface area contributed by atoms with Crippen LogP contribution in [0.15, 0.2) is 10.1 Å². The van der Waals surface area contributed by atoms with Crippen LogP contribution in [0.1, 0.15) is 5.56 Å². The number of nitrogens with two attached hydrogens (primary N) is 9. The molecule has 1 aromatic carbocycles. The predicted molar refractivity (Wildman–Crippen MR) is 102 cm³/mol. The van der Waals surface area contributed by atoms with Gasteiger partial charge in [-0.3, -0.25) is 32.0 Å². The van der Waals surface area contributed by atoms with Gasteiger partial charge in [0.15, 0.2) is 11.3 Å². The second kappa shape index (κ2) is 5.02. The lowest BCUT2D eigenvalue weighted by molar-refractivity contribution is -0.288. The van der Waals surface area contributed by atoms with Crippen LogP contribution in [0.25, 0.3) is 16.7 Å². The topological polar surface area (TPSA) is 287 Å². The number of hydrogen-bond acceptors (Lipinski definition) is 14. The third-order valence-corrected chi connectivity index (χ3v) is 4.91. The van der Waals surface area contributed by atoms with Crippen molar-refractivity contribution in [2.45, 2.75) is 17.7 Å². The van der Waals surface area contributed by atoms with Gasteiger partial charge in [-0.2, -0.15) is 0 Å². The second-order valence-electron chi connectivity index (χ2n) is 6.58. The zero-order valence-corrected chi connectivity index (χ0v) is 14.8. The Kier molecular flexibility index (Phi) is 3.27. The second-order valence-corrected chi connectivity index (χ2v) is 6.58. The summed E-state index contributed by atoms with van der Waals surface area (Å²) in [6.07, 6.45) is 0. The molecule has 14 heteroatoms. The molecule has 0 bridgehead atoms. The number of nitrogen functional groups attached to an aromatic ring is 4. The number of benzene rings is 1. The average Bonchev–Trinajstić information content (AvgIpc) is 3.02. The van der Waals surface area contributed by atoms with E-state index in [1.807, 2.05) is 0 Å². The molecule has 1 fully saturated rings. The Labute approximate surface area is 157 Å². The summed E-state index contributed by atoms with van der Waals surface area (Å²) in [4.78, 5) is 0. The quantitative estimate of drug-likeness (QED) is 0.130. The Balaban J connectivity index is 2.04. The van der Waals surface area contributed by atoms with E-state index in [1.54, 1.807) is 0 Å². The molecule has 28 heavy (non-hydrogen) atoms. The van der Waals surface area contributed by atoms with Gasteiger partial charge in [0.05, 0.1) is 28.0 Å². The average molecular weight is 394 g/mol. The largest absolute Gasteiger partial charge is 0.436 e. The molecule has 2 unspecified atom stereocenters. The van der Waals surface area contributed by atoms with Crippen molar-refractivity contribution in [3.63, 3.8) is 0 Å². The fourth-order valence-corrected chi connectivity index (χ4v) is 3.25. The summed E-state index contributed by atoms with van der Waals surface area (Å²) < 4.78 is 22.6. The van der Waals surface area contributed by atoms with E-state index in [-0.39, 0.29) is 56.6 Å². The molecule has 2 aromatic rings. The molecule has 19 N–H and O–H groups in total. The molecular formula is C14H22N10O4. The van der Waals surface area contributed by atoms with Gasteiger partial charge >= 0.3 is 5.97 Å². The molecule has 1 spiro atoms. The number of nitrogens with one attached hydrogen (secondary N) is 1. The van der Waals surface area contributed by atoms with Gasteiger partial charge in [-0.1, -0.05) is 0 Å². The van der Waals surface area contributed by atoms with E-state index < -0.39 is 17.7 Å². The van der Waals surface area contributed by atoms with Crippen molar-refractivity contribution in [2.75, 3.05) is 30.0 Å². The van der Waals surface area contributed by atoms with Crippen LogP contribution >= 0.6 is 0 Å². The fourth-order valence-electron chi connectivity index (χ4n) is 3.25. The standard InChI is InChI=1S/C14H22N10O4/c1-24-14(23)13(21,22)27-12(28-14)10(19)5(16)2-4(15)7(18)9-3(8(2)26-12)6(17)11(20)25-9/h24H,15-23H2,1H3. The van der Waals surface area contributed by atoms with Crippen LogP contribution < -0.4 is 61.7 Å². The summed E-state index contributed by atoms with van der Waals surface area (Å²) in [7, 11) is 1.45. The minimum absolute atomic E-state index is 0.00232. The molecule has 3 heterocycles. The molecule has 2 atom stereocenters. The first-order valence-electron chi connectivity index (χ1n) is 7.98. The summed E-state index contributed by atoms with van der Waals surface area (Å²) >= 11 is 0. The number of furan rings is 1.